The number of amides is 2. The molecule has 1 spiro atoms. The van der Waals surface area contributed by atoms with E-state index in [-0.39, 0.29) is 29.3 Å². The summed E-state index contributed by atoms with van der Waals surface area (Å²) >= 11 is 1.88. The highest BCUT2D eigenvalue weighted by Gasteiger charge is 2.51. The smallest absolute Gasteiger partial charge is 0.256 e. The van der Waals surface area contributed by atoms with Crippen LogP contribution in [0.25, 0.3) is 10.9 Å². The van der Waals surface area contributed by atoms with Crippen molar-refractivity contribution in [2.45, 2.75) is 17.3 Å². The van der Waals surface area contributed by atoms with Crippen LogP contribution < -0.4 is 0 Å². The van der Waals surface area contributed by atoms with E-state index < -0.39 is 0 Å². The van der Waals surface area contributed by atoms with Gasteiger partial charge in [-0.05, 0) is 12.5 Å². The molecular weight excluding hydrogens is 362 g/mol. The lowest BCUT2D eigenvalue weighted by Crippen LogP contribution is -2.60. The van der Waals surface area contributed by atoms with Crippen molar-refractivity contribution < 1.29 is 14.3 Å². The van der Waals surface area contributed by atoms with E-state index in [1.165, 1.54) is 0 Å². The highest BCUT2D eigenvalue weighted by molar-refractivity contribution is 8.01. The Labute approximate surface area is 163 Å². The molecule has 7 heteroatoms. The van der Waals surface area contributed by atoms with Crippen LogP contribution in [0.15, 0.2) is 30.5 Å². The van der Waals surface area contributed by atoms with Crippen molar-refractivity contribution in [3.05, 3.63) is 36.0 Å². The number of thioether (sulfide) groups is 1. The van der Waals surface area contributed by atoms with Gasteiger partial charge in [0.2, 0.25) is 5.91 Å². The number of fused-ring (bicyclic) bond motifs is 1. The fraction of sp³-hybridized carbons (Fsp3) is 0.500. The second kappa shape index (κ2) is 6.87. The van der Waals surface area contributed by atoms with Crippen LogP contribution in [-0.2, 0) is 16.6 Å². The molecule has 3 heterocycles. The van der Waals surface area contributed by atoms with Gasteiger partial charge in [-0.2, -0.15) is 0 Å². The zero-order valence-electron chi connectivity index (χ0n) is 16.0. The lowest BCUT2D eigenvalue weighted by molar-refractivity contribution is -0.135. The largest absolute Gasteiger partial charge is 0.367 e. The fourth-order valence-corrected chi connectivity index (χ4v) is 5.48. The van der Waals surface area contributed by atoms with Crippen LogP contribution in [0.2, 0.25) is 0 Å². The molecule has 144 valence electrons. The number of carbonyl (C=O) groups is 2. The number of ether oxygens (including phenoxy) is 1. The molecule has 0 aliphatic carbocycles. The van der Waals surface area contributed by atoms with Crippen molar-refractivity contribution >= 4 is 34.5 Å². The molecule has 0 N–H and O–H groups in total. The molecule has 2 saturated heterocycles. The first-order valence-corrected chi connectivity index (χ1v) is 10.2. The Morgan fingerprint density at radius 1 is 1.30 bits per heavy atom. The molecule has 2 aromatic rings. The molecule has 1 aromatic carbocycles. The van der Waals surface area contributed by atoms with Crippen molar-refractivity contribution in [3.63, 3.8) is 0 Å². The Morgan fingerprint density at radius 2 is 2.04 bits per heavy atom. The molecule has 0 radical (unpaired) electrons. The van der Waals surface area contributed by atoms with E-state index in [1.54, 1.807) is 19.0 Å². The average Bonchev–Trinajstić information content (AvgIpc) is 3.20. The SMILES string of the molecule is CN(C)C(=O)COC1CSC2(C1)CN(C(=O)c1cn(C)c3ccccc13)C2. The van der Waals surface area contributed by atoms with Gasteiger partial charge in [-0.1, -0.05) is 18.2 Å². The van der Waals surface area contributed by atoms with Gasteiger partial charge in [-0.15, -0.1) is 11.8 Å². The number of hydrogen-bond acceptors (Lipinski definition) is 4. The highest BCUT2D eigenvalue weighted by Crippen LogP contribution is 2.46. The monoisotopic (exact) mass is 387 g/mol. The standard InChI is InChI=1S/C20H25N3O3S/c1-21(2)18(24)10-26-14-8-20(27-11-14)12-23(13-20)19(25)16-9-22(3)17-7-5-4-6-15(16)17/h4-7,9,14H,8,10-13H2,1-3H3. The Kier molecular flexibility index (Phi) is 4.68. The Hall–Kier alpha value is -1.99. The first-order valence-electron chi connectivity index (χ1n) is 9.18. The molecule has 1 aromatic heterocycles. The summed E-state index contributed by atoms with van der Waals surface area (Å²) in [6, 6.07) is 8.01. The van der Waals surface area contributed by atoms with E-state index in [9.17, 15) is 9.59 Å². The molecule has 1 atom stereocenters. The van der Waals surface area contributed by atoms with Crippen LogP contribution in [0.3, 0.4) is 0 Å². The van der Waals surface area contributed by atoms with Crippen molar-refractivity contribution in [1.82, 2.24) is 14.4 Å². The summed E-state index contributed by atoms with van der Waals surface area (Å²) in [6.07, 6.45) is 2.92. The van der Waals surface area contributed by atoms with Crippen molar-refractivity contribution in [1.29, 1.82) is 0 Å². The summed E-state index contributed by atoms with van der Waals surface area (Å²) in [5.74, 6) is 0.976. The zero-order chi connectivity index (χ0) is 19.2. The number of rotatable bonds is 4. The third-order valence-corrected chi connectivity index (χ3v) is 7.06. The number of hydrogen-bond donors (Lipinski definition) is 0. The Bertz CT molecular complexity index is 886. The van der Waals surface area contributed by atoms with Crippen molar-refractivity contribution in [3.8, 4) is 0 Å². The number of likely N-dealkylation sites (tertiary alicyclic amines) is 1. The highest BCUT2D eigenvalue weighted by atomic mass is 32.2. The maximum absolute atomic E-state index is 13.0. The fourth-order valence-electron chi connectivity index (χ4n) is 3.92. The van der Waals surface area contributed by atoms with E-state index in [0.29, 0.717) is 0 Å². The van der Waals surface area contributed by atoms with Gasteiger partial charge < -0.3 is 19.1 Å². The molecule has 4 rings (SSSR count). The number of nitrogens with zero attached hydrogens (tertiary/aromatic N) is 3. The third kappa shape index (κ3) is 3.34. The molecule has 27 heavy (non-hydrogen) atoms. The minimum Gasteiger partial charge on any atom is -0.367 e. The van der Waals surface area contributed by atoms with Crippen LogP contribution in [0.1, 0.15) is 16.8 Å². The summed E-state index contributed by atoms with van der Waals surface area (Å²) in [6.45, 7) is 1.63. The first kappa shape index (κ1) is 18.4. The summed E-state index contributed by atoms with van der Waals surface area (Å²) in [5, 5.41) is 1.01. The quantitative estimate of drug-likeness (QED) is 0.805. The van der Waals surface area contributed by atoms with Gasteiger partial charge in [0.15, 0.2) is 0 Å². The minimum absolute atomic E-state index is 0.0117. The van der Waals surface area contributed by atoms with Gasteiger partial charge in [-0.25, -0.2) is 0 Å². The Balaban J connectivity index is 1.36. The number of para-hydroxylation sites is 1. The van der Waals surface area contributed by atoms with E-state index >= 15 is 0 Å². The van der Waals surface area contributed by atoms with Crippen LogP contribution in [0.4, 0.5) is 0 Å². The van der Waals surface area contributed by atoms with Crippen molar-refractivity contribution in [2.24, 2.45) is 7.05 Å². The third-order valence-electron chi connectivity index (χ3n) is 5.49. The summed E-state index contributed by atoms with van der Waals surface area (Å²) in [7, 11) is 5.44. The van der Waals surface area contributed by atoms with Gasteiger partial charge in [-0.3, -0.25) is 9.59 Å². The van der Waals surface area contributed by atoms with Gasteiger partial charge >= 0.3 is 0 Å². The van der Waals surface area contributed by atoms with E-state index in [0.717, 1.165) is 41.7 Å². The van der Waals surface area contributed by atoms with Gasteiger partial charge in [0, 0.05) is 57.1 Å². The van der Waals surface area contributed by atoms with E-state index in [2.05, 4.69) is 0 Å². The van der Waals surface area contributed by atoms with Crippen LogP contribution in [0, 0.1) is 0 Å². The zero-order valence-corrected chi connectivity index (χ0v) is 16.8. The lowest BCUT2D eigenvalue weighted by atomic mass is 9.92. The molecule has 2 aliphatic heterocycles. The second-order valence-corrected chi connectivity index (χ2v) is 9.24. The molecule has 0 saturated carbocycles. The predicted octanol–water partition coefficient (Wildman–Crippen LogP) is 1.98. The lowest BCUT2D eigenvalue weighted by Gasteiger charge is -2.47. The van der Waals surface area contributed by atoms with Gasteiger partial charge in [0.1, 0.15) is 6.61 Å². The van der Waals surface area contributed by atoms with E-state index in [1.807, 2.05) is 58.7 Å². The maximum Gasteiger partial charge on any atom is 0.256 e. The molecular formula is C20H25N3O3S. The van der Waals surface area contributed by atoms with Gasteiger partial charge in [0.25, 0.3) is 5.91 Å². The topological polar surface area (TPSA) is 54.8 Å². The Morgan fingerprint density at radius 3 is 2.78 bits per heavy atom. The number of benzene rings is 1. The molecule has 6 nitrogen and oxygen atoms in total. The number of likely N-dealkylation sites (N-methyl/N-ethyl adjacent to an activating group) is 1. The summed E-state index contributed by atoms with van der Waals surface area (Å²) in [5.41, 5.74) is 1.85. The number of carbonyl (C=O) groups excluding carboxylic acids is 2. The van der Waals surface area contributed by atoms with Crippen LogP contribution in [-0.4, -0.2) is 76.6 Å². The molecule has 1 unspecified atom stereocenters. The maximum atomic E-state index is 13.0. The second-order valence-electron chi connectivity index (χ2n) is 7.75. The number of aromatic nitrogens is 1. The molecule has 2 fully saturated rings. The van der Waals surface area contributed by atoms with Crippen LogP contribution >= 0.6 is 11.8 Å². The molecule has 2 aliphatic rings. The normalized spacial score (nSPS) is 20.9. The first-order chi connectivity index (χ1) is 12.9. The average molecular weight is 388 g/mol. The summed E-state index contributed by atoms with van der Waals surface area (Å²) < 4.78 is 7.88. The molecule has 2 amide bonds. The predicted molar refractivity (Wildman–Crippen MR) is 107 cm³/mol. The number of aryl methyl sites for hydroxylation is 1. The van der Waals surface area contributed by atoms with E-state index in [4.69, 9.17) is 4.74 Å². The van der Waals surface area contributed by atoms with Gasteiger partial charge in [0.05, 0.1) is 16.4 Å². The van der Waals surface area contributed by atoms with Crippen LogP contribution in [0.5, 0.6) is 0 Å². The minimum atomic E-state index is -0.0117. The molecule has 0 bridgehead atoms. The summed E-state index contributed by atoms with van der Waals surface area (Å²) in [4.78, 5) is 28.2. The van der Waals surface area contributed by atoms with Crippen molar-refractivity contribution in [2.75, 3.05) is 39.5 Å².